The highest BCUT2D eigenvalue weighted by Gasteiger charge is 2.31. The van der Waals surface area contributed by atoms with E-state index in [0.717, 1.165) is 19.3 Å². The molecule has 2 atom stereocenters. The molecule has 0 aromatic carbocycles. The largest absolute Gasteiger partial charge is 0.295 e. The van der Waals surface area contributed by atoms with E-state index in [0.29, 0.717) is 0 Å². The van der Waals surface area contributed by atoms with Crippen LogP contribution in [0.3, 0.4) is 0 Å². The van der Waals surface area contributed by atoms with Gasteiger partial charge in [0.2, 0.25) is 11.8 Å². The van der Waals surface area contributed by atoms with Gasteiger partial charge in [-0.3, -0.25) is 14.9 Å². The predicted molar refractivity (Wildman–Crippen MR) is 53.5 cm³/mol. The van der Waals surface area contributed by atoms with Crippen molar-refractivity contribution in [1.82, 2.24) is 5.32 Å². The van der Waals surface area contributed by atoms with Crippen LogP contribution >= 0.6 is 11.8 Å². The lowest BCUT2D eigenvalue weighted by molar-refractivity contribution is -0.130. The Kier molecular flexibility index (Phi) is 3.78. The van der Waals surface area contributed by atoms with E-state index in [1.165, 1.54) is 11.8 Å². The number of hydrogen-bond acceptors (Lipinski definition) is 3. The maximum Gasteiger partial charge on any atom is 0.239 e. The fourth-order valence-corrected chi connectivity index (χ4v) is 2.42. The lowest BCUT2D eigenvalue weighted by Gasteiger charge is -2.24. The highest BCUT2D eigenvalue weighted by Crippen LogP contribution is 2.25. The normalized spacial score (nSPS) is 28.8. The number of thioether (sulfide) groups is 1. The Labute approximate surface area is 82.6 Å². The summed E-state index contributed by atoms with van der Waals surface area (Å²) >= 11 is 1.48. The summed E-state index contributed by atoms with van der Waals surface area (Å²) < 4.78 is 0. The maximum absolute atomic E-state index is 11.3. The zero-order valence-electron chi connectivity index (χ0n) is 8.00. The first-order chi connectivity index (χ1) is 6.15. The minimum atomic E-state index is -0.150. The van der Waals surface area contributed by atoms with E-state index in [1.807, 2.05) is 6.92 Å². The van der Waals surface area contributed by atoms with Gasteiger partial charge in [-0.05, 0) is 13.3 Å². The van der Waals surface area contributed by atoms with Crippen LogP contribution in [0.1, 0.15) is 33.1 Å². The van der Waals surface area contributed by atoms with E-state index in [2.05, 4.69) is 12.2 Å². The molecule has 13 heavy (non-hydrogen) atoms. The topological polar surface area (TPSA) is 46.2 Å². The second-order valence-electron chi connectivity index (χ2n) is 3.26. The summed E-state index contributed by atoms with van der Waals surface area (Å²) in [5.41, 5.74) is 0. The Balaban J connectivity index is 2.46. The fraction of sp³-hybridized carbons (Fsp3) is 0.778. The van der Waals surface area contributed by atoms with Crippen molar-refractivity contribution in [3.8, 4) is 0 Å². The van der Waals surface area contributed by atoms with Crippen molar-refractivity contribution in [3.05, 3.63) is 0 Å². The molecule has 1 N–H and O–H groups in total. The number of amides is 2. The molecule has 0 unspecified atom stereocenters. The van der Waals surface area contributed by atoms with Crippen LogP contribution in [0, 0.1) is 0 Å². The van der Waals surface area contributed by atoms with Gasteiger partial charge in [-0.25, -0.2) is 0 Å². The molecule has 4 heteroatoms. The van der Waals surface area contributed by atoms with Gasteiger partial charge >= 0.3 is 0 Å². The van der Waals surface area contributed by atoms with Gasteiger partial charge < -0.3 is 0 Å². The second-order valence-corrected chi connectivity index (χ2v) is 4.81. The molecular formula is C9H15NO2S. The molecule has 0 aliphatic carbocycles. The van der Waals surface area contributed by atoms with Crippen molar-refractivity contribution in [1.29, 1.82) is 0 Å². The lowest BCUT2D eigenvalue weighted by atomic mass is 10.2. The highest BCUT2D eigenvalue weighted by molar-refractivity contribution is 8.02. The van der Waals surface area contributed by atoms with Crippen LogP contribution < -0.4 is 5.32 Å². The third kappa shape index (κ3) is 2.72. The number of hydrogen-bond donors (Lipinski definition) is 1. The number of carbonyl (C=O) groups is 2. The van der Waals surface area contributed by atoms with Crippen LogP contribution in [0.2, 0.25) is 0 Å². The van der Waals surface area contributed by atoms with Crippen molar-refractivity contribution >= 4 is 23.6 Å². The Hall–Kier alpha value is -0.510. The Morgan fingerprint density at radius 2 is 2.08 bits per heavy atom. The number of unbranched alkanes of at least 4 members (excludes halogenated alkanes) is 1. The first-order valence-electron chi connectivity index (χ1n) is 4.65. The summed E-state index contributed by atoms with van der Waals surface area (Å²) in [7, 11) is 0. The smallest absolute Gasteiger partial charge is 0.239 e. The number of imide groups is 1. The van der Waals surface area contributed by atoms with Crippen LogP contribution in [0.5, 0.6) is 0 Å². The molecule has 1 fully saturated rings. The molecule has 3 nitrogen and oxygen atoms in total. The van der Waals surface area contributed by atoms with Crippen molar-refractivity contribution in [2.75, 3.05) is 0 Å². The van der Waals surface area contributed by atoms with Crippen molar-refractivity contribution in [2.24, 2.45) is 0 Å². The Morgan fingerprint density at radius 3 is 2.69 bits per heavy atom. The van der Waals surface area contributed by atoms with Crippen molar-refractivity contribution in [3.63, 3.8) is 0 Å². The van der Waals surface area contributed by atoms with E-state index in [-0.39, 0.29) is 22.3 Å². The van der Waals surface area contributed by atoms with E-state index in [4.69, 9.17) is 0 Å². The van der Waals surface area contributed by atoms with Gasteiger partial charge in [0.05, 0.1) is 10.5 Å². The van der Waals surface area contributed by atoms with Gasteiger partial charge in [0.15, 0.2) is 0 Å². The minimum Gasteiger partial charge on any atom is -0.295 e. The summed E-state index contributed by atoms with van der Waals surface area (Å²) in [6.07, 6.45) is 3.02. The predicted octanol–water partition coefficient (Wildman–Crippen LogP) is 1.32. The van der Waals surface area contributed by atoms with E-state index < -0.39 is 0 Å². The molecule has 1 aliphatic heterocycles. The zero-order valence-corrected chi connectivity index (χ0v) is 8.82. The van der Waals surface area contributed by atoms with Crippen LogP contribution in [0.4, 0.5) is 0 Å². The molecule has 1 rings (SSSR count). The van der Waals surface area contributed by atoms with Crippen molar-refractivity contribution in [2.45, 2.75) is 43.6 Å². The number of nitrogens with one attached hydrogen (secondary N) is 1. The average Bonchev–Trinajstić information content (AvgIpc) is 2.09. The second kappa shape index (κ2) is 4.65. The molecule has 0 radical (unpaired) electrons. The van der Waals surface area contributed by atoms with Gasteiger partial charge in [0, 0.05) is 0 Å². The molecule has 2 amide bonds. The van der Waals surface area contributed by atoms with Crippen LogP contribution in [-0.4, -0.2) is 22.3 Å². The van der Waals surface area contributed by atoms with E-state index in [1.54, 1.807) is 0 Å². The summed E-state index contributed by atoms with van der Waals surface area (Å²) in [5.74, 6) is -0.260. The molecule has 0 bridgehead atoms. The van der Waals surface area contributed by atoms with Crippen LogP contribution in [0.15, 0.2) is 0 Å². The van der Waals surface area contributed by atoms with Crippen molar-refractivity contribution < 1.29 is 9.59 Å². The molecular weight excluding hydrogens is 186 g/mol. The van der Waals surface area contributed by atoms with Crippen LogP contribution in [-0.2, 0) is 9.59 Å². The highest BCUT2D eigenvalue weighted by atomic mass is 32.2. The fourth-order valence-electron chi connectivity index (χ4n) is 1.26. The molecule has 0 saturated carbocycles. The summed E-state index contributed by atoms with van der Waals surface area (Å²) in [6.45, 7) is 3.94. The molecule has 74 valence electrons. The summed E-state index contributed by atoms with van der Waals surface area (Å²) in [4.78, 5) is 22.4. The molecule has 1 heterocycles. The standard InChI is InChI=1S/C9H15NO2S/c1-3-4-5-7-9(12)10-8(11)6(2)13-7/h6-7H,3-5H2,1-2H3,(H,10,11,12)/t6-,7-/m1/s1. The molecule has 1 aliphatic rings. The van der Waals surface area contributed by atoms with E-state index >= 15 is 0 Å². The monoisotopic (exact) mass is 201 g/mol. The van der Waals surface area contributed by atoms with Gasteiger partial charge in [-0.2, -0.15) is 0 Å². The SMILES string of the molecule is CCCC[C@H]1S[C@H](C)C(=O)NC1=O. The maximum atomic E-state index is 11.3. The third-order valence-electron chi connectivity index (χ3n) is 2.10. The lowest BCUT2D eigenvalue weighted by Crippen LogP contribution is -2.47. The number of carbonyl (C=O) groups excluding carboxylic acids is 2. The third-order valence-corrected chi connectivity index (χ3v) is 3.50. The zero-order chi connectivity index (χ0) is 9.84. The molecule has 0 aromatic heterocycles. The molecule has 0 spiro atoms. The van der Waals surface area contributed by atoms with Gasteiger partial charge in [0.25, 0.3) is 0 Å². The van der Waals surface area contributed by atoms with E-state index in [9.17, 15) is 9.59 Å². The quantitative estimate of drug-likeness (QED) is 0.701. The Bertz CT molecular complexity index is 218. The molecule has 1 saturated heterocycles. The van der Waals surface area contributed by atoms with Gasteiger partial charge in [-0.15, -0.1) is 11.8 Å². The number of rotatable bonds is 3. The first-order valence-corrected chi connectivity index (χ1v) is 5.59. The molecule has 0 aromatic rings. The van der Waals surface area contributed by atoms with Gasteiger partial charge in [0.1, 0.15) is 0 Å². The summed E-state index contributed by atoms with van der Waals surface area (Å²) in [5, 5.41) is 2.28. The minimum absolute atomic E-state index is 0.0207. The van der Waals surface area contributed by atoms with Gasteiger partial charge in [-0.1, -0.05) is 19.8 Å². The first kappa shape index (κ1) is 10.6. The summed E-state index contributed by atoms with van der Waals surface area (Å²) in [6, 6.07) is 0. The van der Waals surface area contributed by atoms with Crippen LogP contribution in [0.25, 0.3) is 0 Å². The average molecular weight is 201 g/mol. The Morgan fingerprint density at radius 1 is 1.38 bits per heavy atom.